The molecule has 1 aromatic heterocycles. The van der Waals surface area contributed by atoms with Crippen LogP contribution >= 0.6 is 0 Å². The Kier molecular flexibility index (Phi) is 3.97. The summed E-state index contributed by atoms with van der Waals surface area (Å²) in [6.45, 7) is 2.40. The summed E-state index contributed by atoms with van der Waals surface area (Å²) in [6.07, 6.45) is 2.47. The first-order valence-corrected chi connectivity index (χ1v) is 8.36. The summed E-state index contributed by atoms with van der Waals surface area (Å²) in [6, 6.07) is 22.3. The van der Waals surface area contributed by atoms with Crippen molar-refractivity contribution in [1.82, 2.24) is 4.90 Å². The van der Waals surface area contributed by atoms with Gasteiger partial charge in [0.15, 0.2) is 0 Å². The van der Waals surface area contributed by atoms with Gasteiger partial charge in [0, 0.05) is 25.2 Å². The van der Waals surface area contributed by atoms with Crippen LogP contribution in [0.5, 0.6) is 0 Å². The molecule has 3 nitrogen and oxygen atoms in total. The van der Waals surface area contributed by atoms with E-state index in [0.29, 0.717) is 6.54 Å². The molecule has 24 heavy (non-hydrogen) atoms. The first-order valence-electron chi connectivity index (χ1n) is 8.36. The summed E-state index contributed by atoms with van der Waals surface area (Å²) in [4.78, 5) is 2.31. The number of hydrogen-bond donors (Lipinski definition) is 1. The molecular formula is C21H21NO2. The minimum Gasteiger partial charge on any atom is -0.464 e. The molecule has 0 aliphatic carbocycles. The third-order valence-corrected chi connectivity index (χ3v) is 4.78. The highest BCUT2D eigenvalue weighted by molar-refractivity contribution is 5.58. The lowest BCUT2D eigenvalue weighted by Gasteiger charge is -2.24. The number of benzene rings is 2. The van der Waals surface area contributed by atoms with Crippen molar-refractivity contribution in [3.63, 3.8) is 0 Å². The molecule has 0 saturated carbocycles. The molecule has 1 aliphatic rings. The lowest BCUT2D eigenvalue weighted by atomic mass is 9.93. The van der Waals surface area contributed by atoms with Crippen molar-refractivity contribution in [3.05, 3.63) is 84.1 Å². The van der Waals surface area contributed by atoms with Crippen LogP contribution in [-0.4, -0.2) is 23.1 Å². The maximum Gasteiger partial charge on any atom is 0.133 e. The van der Waals surface area contributed by atoms with Crippen molar-refractivity contribution >= 4 is 0 Å². The molecule has 0 spiro atoms. The first kappa shape index (κ1) is 15.2. The Hall–Kier alpha value is -2.36. The van der Waals surface area contributed by atoms with E-state index in [1.807, 2.05) is 42.5 Å². The van der Waals surface area contributed by atoms with Crippen molar-refractivity contribution in [2.24, 2.45) is 0 Å². The van der Waals surface area contributed by atoms with Gasteiger partial charge in [-0.25, -0.2) is 0 Å². The zero-order valence-corrected chi connectivity index (χ0v) is 13.6. The number of likely N-dealkylation sites (tertiary alicyclic amines) is 1. The van der Waals surface area contributed by atoms with E-state index >= 15 is 0 Å². The van der Waals surface area contributed by atoms with Crippen molar-refractivity contribution < 1.29 is 9.52 Å². The summed E-state index contributed by atoms with van der Waals surface area (Å²) >= 11 is 0. The van der Waals surface area contributed by atoms with Crippen LogP contribution in [0.4, 0.5) is 0 Å². The zero-order valence-electron chi connectivity index (χ0n) is 13.6. The standard InChI is InChI=1S/C21H21NO2/c23-21(19-8-2-1-3-9-19)11-12-22(16-21)15-17-6-4-7-18(14-17)20-10-5-13-24-20/h1-10,13-14,23H,11-12,15-16H2. The summed E-state index contributed by atoms with van der Waals surface area (Å²) in [5.74, 6) is 0.888. The van der Waals surface area contributed by atoms with Gasteiger partial charge in [-0.2, -0.15) is 0 Å². The predicted octanol–water partition coefficient (Wildman–Crippen LogP) is 4.04. The molecule has 1 aliphatic heterocycles. The van der Waals surface area contributed by atoms with E-state index < -0.39 is 5.60 Å². The van der Waals surface area contributed by atoms with Crippen LogP contribution in [0.1, 0.15) is 17.5 Å². The van der Waals surface area contributed by atoms with Gasteiger partial charge in [-0.15, -0.1) is 0 Å². The molecule has 122 valence electrons. The first-order chi connectivity index (χ1) is 11.7. The van der Waals surface area contributed by atoms with Gasteiger partial charge in [0.2, 0.25) is 0 Å². The van der Waals surface area contributed by atoms with E-state index in [0.717, 1.165) is 36.4 Å². The van der Waals surface area contributed by atoms with Crippen LogP contribution < -0.4 is 0 Å². The van der Waals surface area contributed by atoms with E-state index in [9.17, 15) is 5.11 Å². The SMILES string of the molecule is OC1(c2ccccc2)CCN(Cc2cccc(-c3ccco3)c2)C1. The molecule has 1 atom stereocenters. The monoisotopic (exact) mass is 319 g/mol. The Bertz CT molecular complexity index is 798. The van der Waals surface area contributed by atoms with E-state index in [-0.39, 0.29) is 0 Å². The quantitative estimate of drug-likeness (QED) is 0.788. The highest BCUT2D eigenvalue weighted by Gasteiger charge is 2.37. The zero-order chi connectivity index (χ0) is 16.4. The average molecular weight is 319 g/mol. The van der Waals surface area contributed by atoms with Gasteiger partial charge in [-0.3, -0.25) is 4.90 Å². The second-order valence-corrected chi connectivity index (χ2v) is 6.54. The van der Waals surface area contributed by atoms with Gasteiger partial charge in [-0.05, 0) is 35.7 Å². The maximum absolute atomic E-state index is 11.0. The highest BCUT2D eigenvalue weighted by Crippen LogP contribution is 2.32. The summed E-state index contributed by atoms with van der Waals surface area (Å²) in [5, 5.41) is 11.0. The molecule has 0 radical (unpaired) electrons. The molecule has 1 N–H and O–H groups in total. The molecule has 3 heteroatoms. The topological polar surface area (TPSA) is 36.6 Å². The second-order valence-electron chi connectivity index (χ2n) is 6.54. The van der Waals surface area contributed by atoms with Crippen molar-refractivity contribution in [2.45, 2.75) is 18.6 Å². The fourth-order valence-electron chi connectivity index (χ4n) is 3.51. The highest BCUT2D eigenvalue weighted by atomic mass is 16.3. The molecular weight excluding hydrogens is 298 g/mol. The lowest BCUT2D eigenvalue weighted by molar-refractivity contribution is 0.0453. The van der Waals surface area contributed by atoms with Gasteiger partial charge >= 0.3 is 0 Å². The maximum atomic E-state index is 11.0. The van der Waals surface area contributed by atoms with Crippen molar-refractivity contribution in [1.29, 1.82) is 0 Å². The minimum atomic E-state index is -0.736. The van der Waals surface area contributed by atoms with Crippen LogP contribution in [0.2, 0.25) is 0 Å². The lowest BCUT2D eigenvalue weighted by Crippen LogP contribution is -2.30. The van der Waals surface area contributed by atoms with Gasteiger partial charge in [0.1, 0.15) is 11.4 Å². The molecule has 1 fully saturated rings. The Morgan fingerprint density at radius 1 is 1.00 bits per heavy atom. The van der Waals surface area contributed by atoms with Crippen LogP contribution in [0.15, 0.2) is 77.4 Å². The van der Waals surface area contributed by atoms with Gasteiger partial charge in [-0.1, -0.05) is 48.5 Å². The van der Waals surface area contributed by atoms with Crippen LogP contribution in [0, 0.1) is 0 Å². The second kappa shape index (κ2) is 6.27. The Balaban J connectivity index is 1.48. The van der Waals surface area contributed by atoms with E-state index in [1.54, 1.807) is 6.26 Å². The molecule has 1 saturated heterocycles. The molecule has 4 rings (SSSR count). The van der Waals surface area contributed by atoms with Gasteiger partial charge in [0.25, 0.3) is 0 Å². The van der Waals surface area contributed by atoms with Crippen LogP contribution in [-0.2, 0) is 12.1 Å². The van der Waals surface area contributed by atoms with E-state index in [2.05, 4.69) is 29.2 Å². The number of β-amino-alcohol motifs (C(OH)–C–C–N with tert-alkyl or cyclic N) is 1. The number of aliphatic hydroxyl groups is 1. The van der Waals surface area contributed by atoms with Crippen molar-refractivity contribution in [2.75, 3.05) is 13.1 Å². The smallest absolute Gasteiger partial charge is 0.133 e. The third kappa shape index (κ3) is 3.01. The fourth-order valence-corrected chi connectivity index (χ4v) is 3.51. The molecule has 1 unspecified atom stereocenters. The Morgan fingerprint density at radius 3 is 2.67 bits per heavy atom. The van der Waals surface area contributed by atoms with Gasteiger partial charge < -0.3 is 9.52 Å². The largest absolute Gasteiger partial charge is 0.464 e. The number of furan rings is 1. The summed E-state index contributed by atoms with van der Waals surface area (Å²) in [5.41, 5.74) is 2.60. The fraction of sp³-hybridized carbons (Fsp3) is 0.238. The normalized spacial score (nSPS) is 21.2. The number of hydrogen-bond acceptors (Lipinski definition) is 3. The molecule has 0 amide bonds. The predicted molar refractivity (Wildman–Crippen MR) is 94.4 cm³/mol. The summed E-state index contributed by atoms with van der Waals surface area (Å²) in [7, 11) is 0. The van der Waals surface area contributed by atoms with E-state index in [1.165, 1.54) is 5.56 Å². The van der Waals surface area contributed by atoms with E-state index in [4.69, 9.17) is 4.42 Å². The number of rotatable bonds is 4. The molecule has 3 aromatic rings. The summed E-state index contributed by atoms with van der Waals surface area (Å²) < 4.78 is 5.48. The third-order valence-electron chi connectivity index (χ3n) is 4.78. The van der Waals surface area contributed by atoms with Crippen molar-refractivity contribution in [3.8, 4) is 11.3 Å². The molecule has 2 heterocycles. The van der Waals surface area contributed by atoms with Gasteiger partial charge in [0.05, 0.1) is 6.26 Å². The van der Waals surface area contributed by atoms with Crippen LogP contribution in [0.25, 0.3) is 11.3 Å². The Morgan fingerprint density at radius 2 is 1.88 bits per heavy atom. The molecule has 0 bridgehead atoms. The van der Waals surface area contributed by atoms with Crippen LogP contribution in [0.3, 0.4) is 0 Å². The number of nitrogens with zero attached hydrogens (tertiary/aromatic N) is 1. The average Bonchev–Trinajstić information content (AvgIpc) is 3.27. The molecule has 2 aromatic carbocycles. The minimum absolute atomic E-state index is 0.669. The Labute approximate surface area is 142 Å².